The van der Waals surface area contributed by atoms with Crippen molar-refractivity contribution in [1.29, 1.82) is 0 Å². The Hall–Kier alpha value is -3.57. The molecule has 1 N–H and O–H groups in total. The van der Waals surface area contributed by atoms with E-state index >= 15 is 0 Å². The molecule has 2 aromatic carbocycles. The number of hydrogen-bond donors (Lipinski definition) is 1. The summed E-state index contributed by atoms with van der Waals surface area (Å²) in [4.78, 5) is 15.3. The van der Waals surface area contributed by atoms with Crippen molar-refractivity contribution in [3.8, 4) is 0 Å². The maximum Gasteiger partial charge on any atom is 0.431 e. The van der Waals surface area contributed by atoms with Crippen molar-refractivity contribution in [1.82, 2.24) is 15.0 Å². The van der Waals surface area contributed by atoms with Gasteiger partial charge in [0.1, 0.15) is 6.61 Å². The molecule has 40 heavy (non-hydrogen) atoms. The first-order chi connectivity index (χ1) is 18.8. The molecular weight excluding hydrogens is 543 g/mol. The SMILES string of the molecule is C=C(C)C1CC=C(COC(=O)N2C(C(F)(F)F)C=C(c3cc(C)ccc3C)N2NS(=O)(=O)c2ccccc2)CC1. The minimum absolute atomic E-state index is 0.138. The number of rotatable bonds is 7. The topological polar surface area (TPSA) is 79.0 Å². The minimum atomic E-state index is -4.92. The number of aryl methyl sites for hydroxylation is 2. The van der Waals surface area contributed by atoms with Crippen LogP contribution in [0.2, 0.25) is 0 Å². The summed E-state index contributed by atoms with van der Waals surface area (Å²) in [5.41, 5.74) is 3.37. The Kier molecular flexibility index (Phi) is 8.46. The second kappa shape index (κ2) is 11.5. The predicted molar refractivity (Wildman–Crippen MR) is 146 cm³/mol. The van der Waals surface area contributed by atoms with Gasteiger partial charge in [0, 0.05) is 5.56 Å². The fraction of sp³-hybridized carbons (Fsp3) is 0.345. The molecule has 0 fully saturated rings. The Labute approximate surface area is 232 Å². The maximum absolute atomic E-state index is 14.4. The molecule has 214 valence electrons. The molecule has 2 unspecified atom stereocenters. The molecule has 4 rings (SSSR count). The third kappa shape index (κ3) is 6.42. The van der Waals surface area contributed by atoms with Crippen LogP contribution in [0.1, 0.15) is 42.9 Å². The predicted octanol–water partition coefficient (Wildman–Crippen LogP) is 6.44. The number of carbonyl (C=O) groups is 1. The second-order valence-corrected chi connectivity index (χ2v) is 11.8. The first kappa shape index (κ1) is 29.4. The third-order valence-electron chi connectivity index (χ3n) is 7.06. The summed E-state index contributed by atoms with van der Waals surface area (Å²) in [5.74, 6) is 0.305. The zero-order chi connectivity index (χ0) is 29.2. The standard InChI is InChI=1S/C29H32F3N3O4S/c1-19(2)23-14-12-22(13-15-23)18-39-28(36)34-27(29(30,31)32)17-26(25-16-20(3)10-11-21(25)4)35(34)33-40(37,38)24-8-6-5-7-9-24/h5-12,16-17,23,27,33H,1,13-15,18H2,2-4H3. The van der Waals surface area contributed by atoms with Crippen LogP contribution in [0.4, 0.5) is 18.0 Å². The fourth-order valence-corrected chi connectivity index (χ4v) is 5.76. The summed E-state index contributed by atoms with van der Waals surface area (Å²) in [6.45, 7) is 9.16. The summed E-state index contributed by atoms with van der Waals surface area (Å²) in [5, 5.41) is 0.911. The van der Waals surface area contributed by atoms with Gasteiger partial charge >= 0.3 is 12.3 Å². The third-order valence-corrected chi connectivity index (χ3v) is 8.36. The number of alkyl halides is 3. The van der Waals surface area contributed by atoms with Gasteiger partial charge in [-0.15, -0.1) is 4.83 Å². The number of hydrazine groups is 2. The molecule has 1 amide bonds. The molecule has 0 saturated carbocycles. The average molecular weight is 576 g/mol. The highest BCUT2D eigenvalue weighted by molar-refractivity contribution is 7.89. The first-order valence-corrected chi connectivity index (χ1v) is 14.3. The minimum Gasteiger partial charge on any atom is -0.444 e. The highest BCUT2D eigenvalue weighted by Crippen LogP contribution is 2.39. The van der Waals surface area contributed by atoms with Crippen LogP contribution in [0.3, 0.4) is 0 Å². The van der Waals surface area contributed by atoms with E-state index < -0.39 is 28.3 Å². The van der Waals surface area contributed by atoms with Gasteiger partial charge in [0.05, 0.1) is 10.6 Å². The molecule has 0 bridgehead atoms. The lowest BCUT2D eigenvalue weighted by Crippen LogP contribution is -2.57. The van der Waals surface area contributed by atoms with Crippen LogP contribution in [-0.2, 0) is 14.8 Å². The molecule has 0 spiro atoms. The second-order valence-electron chi connectivity index (χ2n) is 10.2. The van der Waals surface area contributed by atoms with Gasteiger partial charge in [-0.2, -0.15) is 23.3 Å². The summed E-state index contributed by atoms with van der Waals surface area (Å²) in [6.07, 6.45) is -1.40. The normalized spacial score (nSPS) is 19.8. The molecule has 7 nitrogen and oxygen atoms in total. The molecular formula is C29H32F3N3O4S. The Morgan fingerprint density at radius 2 is 1.85 bits per heavy atom. The smallest absolute Gasteiger partial charge is 0.431 e. The largest absolute Gasteiger partial charge is 0.444 e. The lowest BCUT2D eigenvalue weighted by Gasteiger charge is -2.35. The molecule has 0 aromatic heterocycles. The van der Waals surface area contributed by atoms with Gasteiger partial charge < -0.3 is 4.74 Å². The molecule has 1 aliphatic carbocycles. The Balaban J connectivity index is 1.71. The molecule has 0 radical (unpaired) electrons. The zero-order valence-electron chi connectivity index (χ0n) is 22.5. The van der Waals surface area contributed by atoms with Crippen LogP contribution in [0.25, 0.3) is 5.70 Å². The quantitative estimate of drug-likeness (QED) is 0.385. The van der Waals surface area contributed by atoms with Crippen molar-refractivity contribution in [2.24, 2.45) is 5.92 Å². The maximum atomic E-state index is 14.4. The number of nitrogens with one attached hydrogen (secondary N) is 1. The van der Waals surface area contributed by atoms with Gasteiger partial charge in [-0.25, -0.2) is 13.2 Å². The van der Waals surface area contributed by atoms with Crippen LogP contribution in [0.15, 0.2) is 83.3 Å². The van der Waals surface area contributed by atoms with Crippen molar-refractivity contribution in [3.63, 3.8) is 0 Å². The summed E-state index contributed by atoms with van der Waals surface area (Å²) in [6, 6.07) is 9.86. The number of hydrogen-bond acceptors (Lipinski definition) is 5. The number of nitrogens with zero attached hydrogens (tertiary/aromatic N) is 2. The van der Waals surface area contributed by atoms with Crippen molar-refractivity contribution in [3.05, 3.63) is 95.1 Å². The lowest BCUT2D eigenvalue weighted by molar-refractivity contribution is -0.185. The van der Waals surface area contributed by atoms with Crippen LogP contribution in [0.5, 0.6) is 0 Å². The van der Waals surface area contributed by atoms with E-state index in [1.54, 1.807) is 38.1 Å². The van der Waals surface area contributed by atoms with Gasteiger partial charge in [-0.05, 0) is 81.4 Å². The van der Waals surface area contributed by atoms with E-state index in [1.165, 1.54) is 24.3 Å². The Morgan fingerprint density at radius 3 is 2.45 bits per heavy atom. The van der Waals surface area contributed by atoms with Crippen LogP contribution < -0.4 is 4.83 Å². The number of amides is 1. The van der Waals surface area contributed by atoms with E-state index in [0.29, 0.717) is 35.0 Å². The number of halogens is 3. The number of allylic oxidation sites excluding steroid dienone is 2. The van der Waals surface area contributed by atoms with Crippen molar-refractivity contribution in [2.75, 3.05) is 6.61 Å². The Bertz CT molecular complexity index is 1450. The molecule has 2 aliphatic rings. The number of sulfonamides is 1. The fourth-order valence-electron chi connectivity index (χ4n) is 4.72. The highest BCUT2D eigenvalue weighted by Gasteiger charge is 2.53. The van der Waals surface area contributed by atoms with Crippen molar-refractivity contribution < 1.29 is 31.1 Å². The summed E-state index contributed by atoms with van der Waals surface area (Å²) >= 11 is 0. The van der Waals surface area contributed by atoms with Crippen LogP contribution in [0, 0.1) is 19.8 Å². The highest BCUT2D eigenvalue weighted by atomic mass is 32.2. The van der Waals surface area contributed by atoms with Crippen molar-refractivity contribution >= 4 is 21.8 Å². The summed E-state index contributed by atoms with van der Waals surface area (Å²) in [7, 11) is -4.39. The number of ether oxygens (including phenoxy) is 1. The zero-order valence-corrected chi connectivity index (χ0v) is 23.3. The van der Waals surface area contributed by atoms with Crippen LogP contribution >= 0.6 is 0 Å². The molecule has 1 heterocycles. The van der Waals surface area contributed by atoms with Gasteiger partial charge in [-0.1, -0.05) is 54.1 Å². The number of carbonyl (C=O) groups excluding carboxylic acids is 1. The van der Waals surface area contributed by atoms with E-state index in [-0.39, 0.29) is 22.2 Å². The first-order valence-electron chi connectivity index (χ1n) is 12.8. The lowest BCUT2D eigenvalue weighted by atomic mass is 9.86. The van der Waals surface area contributed by atoms with Gasteiger partial charge in [0.25, 0.3) is 10.0 Å². The van der Waals surface area contributed by atoms with Gasteiger partial charge in [0.15, 0.2) is 6.04 Å². The van der Waals surface area contributed by atoms with Gasteiger partial charge in [0.2, 0.25) is 0 Å². The van der Waals surface area contributed by atoms with Crippen LogP contribution in [-0.4, -0.2) is 43.5 Å². The van der Waals surface area contributed by atoms with E-state index in [0.717, 1.165) is 29.2 Å². The molecule has 0 saturated heterocycles. The summed E-state index contributed by atoms with van der Waals surface area (Å²) < 4.78 is 75.0. The van der Waals surface area contributed by atoms with E-state index in [4.69, 9.17) is 4.74 Å². The Morgan fingerprint density at radius 1 is 1.15 bits per heavy atom. The monoisotopic (exact) mass is 575 g/mol. The molecule has 11 heteroatoms. The molecule has 2 atom stereocenters. The van der Waals surface area contributed by atoms with Gasteiger partial charge in [-0.3, -0.25) is 0 Å². The van der Waals surface area contributed by atoms with E-state index in [9.17, 15) is 26.4 Å². The average Bonchev–Trinajstić information content (AvgIpc) is 3.28. The molecule has 1 aliphatic heterocycles. The van der Waals surface area contributed by atoms with E-state index in [1.807, 2.05) is 13.0 Å². The number of benzene rings is 2. The van der Waals surface area contributed by atoms with E-state index in [2.05, 4.69) is 11.4 Å². The van der Waals surface area contributed by atoms with Crippen molar-refractivity contribution in [2.45, 2.75) is 57.1 Å². The molecule has 2 aromatic rings.